The van der Waals surface area contributed by atoms with Crippen LogP contribution in [-0.4, -0.2) is 99.5 Å². The quantitative estimate of drug-likeness (QED) is 0.0220. The van der Waals surface area contributed by atoms with Gasteiger partial charge in [-0.3, -0.25) is 30.1 Å². The van der Waals surface area contributed by atoms with Crippen molar-refractivity contribution in [2.45, 2.75) is 30.8 Å². The van der Waals surface area contributed by atoms with Crippen LogP contribution in [0.4, 0.5) is 35.3 Å². The fourth-order valence-electron chi connectivity index (χ4n) is 4.81. The second kappa shape index (κ2) is 26.8. The lowest BCUT2D eigenvalue weighted by molar-refractivity contribution is -0.383. The van der Waals surface area contributed by atoms with E-state index in [1.165, 1.54) is 63.6 Å². The first-order valence-corrected chi connectivity index (χ1v) is 22.9. The Labute approximate surface area is 404 Å². The van der Waals surface area contributed by atoms with Gasteiger partial charge in [0.1, 0.15) is 33.6 Å². The van der Waals surface area contributed by atoms with Gasteiger partial charge in [-0.15, -0.1) is 0 Å². The predicted octanol–water partition coefficient (Wildman–Crippen LogP) is 7.31. The Kier molecular flexibility index (Phi) is 22.8. The number of alkyl halides is 3. The van der Waals surface area contributed by atoms with Crippen LogP contribution in [0.5, 0.6) is 23.3 Å². The lowest BCUT2D eigenvalue weighted by atomic mass is 10.1. The molecule has 0 spiro atoms. The molecule has 2 amide bonds. The number of nitro benzene ring substituents is 1. The maximum absolute atomic E-state index is 12.5. The largest absolute Gasteiger partial charge is 0.494 e. The molecule has 69 heavy (non-hydrogen) atoms. The van der Waals surface area contributed by atoms with Crippen LogP contribution in [0.3, 0.4) is 0 Å². The Balaban J connectivity index is 0.000000342. The first kappa shape index (κ1) is 58.5. The number of hydrogen-bond donors (Lipinski definition) is 8. The topological polar surface area (TPSA) is 355 Å². The number of carbonyl (C=O) groups excluding carboxylic acids is 1. The van der Waals surface area contributed by atoms with E-state index < -0.39 is 77.3 Å². The van der Waals surface area contributed by atoms with Crippen LogP contribution in [0.2, 0.25) is 15.1 Å². The van der Waals surface area contributed by atoms with Gasteiger partial charge in [-0.05, 0) is 55.3 Å². The van der Waals surface area contributed by atoms with Crippen molar-refractivity contribution in [1.82, 2.24) is 25.0 Å². The van der Waals surface area contributed by atoms with Crippen molar-refractivity contribution in [3.05, 3.63) is 121 Å². The Bertz CT molecular complexity index is 2760. The second-order valence-corrected chi connectivity index (χ2v) is 17.3. The van der Waals surface area contributed by atoms with Crippen molar-refractivity contribution in [1.29, 1.82) is 0 Å². The summed E-state index contributed by atoms with van der Waals surface area (Å²) >= 11 is 17.3. The molecule has 9 N–H and O–H groups in total. The lowest BCUT2D eigenvalue weighted by Gasteiger charge is -2.13. The van der Waals surface area contributed by atoms with Crippen LogP contribution < -0.4 is 35.3 Å². The van der Waals surface area contributed by atoms with Crippen LogP contribution in [0.25, 0.3) is 0 Å². The Morgan fingerprint density at radius 1 is 0.899 bits per heavy atom. The molecule has 5 aromatic rings. The summed E-state index contributed by atoms with van der Waals surface area (Å²) in [7, 11) is -5.90. The molecule has 5 rings (SSSR count). The van der Waals surface area contributed by atoms with E-state index in [2.05, 4.69) is 25.6 Å². The zero-order chi connectivity index (χ0) is 52.3. The van der Waals surface area contributed by atoms with Gasteiger partial charge in [-0.25, -0.2) is 22.7 Å². The van der Waals surface area contributed by atoms with Crippen LogP contribution in [0, 0.1) is 17.0 Å². The number of benzene rings is 4. The van der Waals surface area contributed by atoms with E-state index in [-0.39, 0.29) is 66.9 Å². The number of sulfonamides is 1. The van der Waals surface area contributed by atoms with Gasteiger partial charge in [-0.2, -0.15) is 28.1 Å². The molecule has 0 unspecified atom stereocenters. The number of aliphatic carboxylic acids is 1. The molecule has 0 radical (unpaired) electrons. The van der Waals surface area contributed by atoms with Gasteiger partial charge in [-0.1, -0.05) is 71.2 Å². The standard InChI is InChI=1S/C15H16F3N5O4S.C12H9ClN2O3.C8H6Cl2O3.C3H8NO5P/c1-9-19-12(22-14(20-9)27-2)21-13(24)23-28(25,26)11-6-4-3-5-10(11)7-8-15(16,17)18;13-11-10(18-8-4-2-1-3-5-8)7-6-9(12(11)14)15(16)17;1-13-7-5(10)3-2-4(9)6(7)8(11)12;5-3(6)1-4-2-10(7,8)9/h3-6H,7-8H2,1-2H3,(H2,19,20,21,22,23,24);1-7H,14H2;2-3H,1H3,(H,11,12);4H,1-2H2,(H,5,6)(H2,7,8,9). The number of nitrogens with two attached hydrogens (primary N) is 1. The molecule has 23 nitrogen and oxygen atoms in total. The molecule has 31 heteroatoms. The van der Waals surface area contributed by atoms with E-state index in [9.17, 15) is 50.7 Å². The van der Waals surface area contributed by atoms with E-state index in [0.717, 1.165) is 6.07 Å². The number of carboxylic acids is 2. The third-order valence-electron chi connectivity index (χ3n) is 7.66. The first-order valence-electron chi connectivity index (χ1n) is 18.5. The van der Waals surface area contributed by atoms with Gasteiger partial charge >= 0.3 is 37.8 Å². The molecule has 1 heterocycles. The number of aromatic carboxylic acids is 1. The number of carboxylic acid groups (broad SMARTS) is 2. The zero-order valence-corrected chi connectivity index (χ0v) is 39.6. The zero-order valence-electron chi connectivity index (χ0n) is 35.6. The molecule has 1 aromatic heterocycles. The summed E-state index contributed by atoms with van der Waals surface area (Å²) in [6, 6.07) is 18.3. The third kappa shape index (κ3) is 20.7. The molecule has 0 aliphatic rings. The highest BCUT2D eigenvalue weighted by Gasteiger charge is 2.29. The number of nitrogen functional groups attached to an aromatic ring is 1. The minimum Gasteiger partial charge on any atom is -0.494 e. The summed E-state index contributed by atoms with van der Waals surface area (Å²) in [5, 5.41) is 32.0. The number of hydrogen-bond acceptors (Lipinski definition) is 16. The lowest BCUT2D eigenvalue weighted by Crippen LogP contribution is -2.35. The average Bonchev–Trinajstić information content (AvgIpc) is 3.25. The van der Waals surface area contributed by atoms with Gasteiger partial charge in [0.15, 0.2) is 5.75 Å². The van der Waals surface area contributed by atoms with Gasteiger partial charge < -0.3 is 39.9 Å². The molecule has 0 fully saturated rings. The van der Waals surface area contributed by atoms with Crippen molar-refractivity contribution < 1.29 is 79.7 Å². The van der Waals surface area contributed by atoms with Gasteiger partial charge in [0, 0.05) is 12.5 Å². The Hall–Kier alpha value is -6.58. The number of methoxy groups -OCH3 is 2. The van der Waals surface area contributed by atoms with Crippen LogP contribution in [0.1, 0.15) is 28.2 Å². The number of nitrogens with one attached hydrogen (secondary N) is 3. The van der Waals surface area contributed by atoms with Gasteiger partial charge in [0.2, 0.25) is 5.95 Å². The minimum absolute atomic E-state index is 0.0352. The summed E-state index contributed by atoms with van der Waals surface area (Å²) in [6.45, 7) is 1.06. The number of carbonyl (C=O) groups is 3. The molecular weight excluding hydrogens is 1030 g/mol. The molecule has 0 bridgehead atoms. The number of aryl methyl sites for hydroxylation is 2. The van der Waals surface area contributed by atoms with Crippen molar-refractivity contribution in [3.8, 4) is 23.3 Å². The number of amides is 2. The van der Waals surface area contributed by atoms with E-state index >= 15 is 0 Å². The molecule has 0 aliphatic carbocycles. The highest BCUT2D eigenvalue weighted by atomic mass is 35.5. The van der Waals surface area contributed by atoms with E-state index in [4.69, 9.17) is 74.7 Å². The third-order valence-corrected chi connectivity index (χ3v) is 10.7. The molecule has 0 saturated carbocycles. The number of anilines is 2. The van der Waals surface area contributed by atoms with E-state index in [0.29, 0.717) is 5.75 Å². The van der Waals surface area contributed by atoms with E-state index in [1.54, 1.807) is 29.0 Å². The van der Waals surface area contributed by atoms with Crippen molar-refractivity contribution in [2.75, 3.05) is 38.1 Å². The first-order chi connectivity index (χ1) is 32.1. The molecule has 0 aliphatic heterocycles. The highest BCUT2D eigenvalue weighted by molar-refractivity contribution is 7.90. The van der Waals surface area contributed by atoms with Crippen LogP contribution >= 0.6 is 42.4 Å². The molecule has 374 valence electrons. The molecule has 4 aromatic carbocycles. The van der Waals surface area contributed by atoms with Crippen molar-refractivity contribution in [3.63, 3.8) is 0 Å². The Morgan fingerprint density at radius 2 is 1.51 bits per heavy atom. The average molecular weight is 1070 g/mol. The van der Waals surface area contributed by atoms with Crippen molar-refractivity contribution >= 4 is 87.7 Å². The maximum Gasteiger partial charge on any atom is 0.389 e. The monoisotopic (exact) mass is 1070 g/mol. The second-order valence-electron chi connectivity index (χ2n) is 12.8. The molecule has 0 saturated heterocycles. The van der Waals surface area contributed by atoms with E-state index in [1.807, 2.05) is 6.07 Å². The predicted molar refractivity (Wildman–Crippen MR) is 243 cm³/mol. The Morgan fingerprint density at radius 3 is 2.04 bits per heavy atom. The normalized spacial score (nSPS) is 10.9. The number of nitro groups is 1. The number of rotatable bonds is 15. The molecule has 0 atom stereocenters. The highest BCUT2D eigenvalue weighted by Crippen LogP contribution is 2.39. The summed E-state index contributed by atoms with van der Waals surface area (Å²) < 4.78 is 89.1. The number of urea groups is 1. The smallest absolute Gasteiger partial charge is 0.389 e. The van der Waals surface area contributed by atoms with Crippen molar-refractivity contribution in [2.24, 2.45) is 0 Å². The fraction of sp³-hybridized carbons (Fsp3) is 0.211. The van der Waals surface area contributed by atoms with Gasteiger partial charge in [0.25, 0.3) is 15.7 Å². The fourth-order valence-corrected chi connectivity index (χ4v) is 7.06. The summed E-state index contributed by atoms with van der Waals surface area (Å²) in [6.07, 6.45) is -6.79. The maximum atomic E-state index is 12.5. The molecular formula is C38H39Cl3F3N8O15PS. The summed E-state index contributed by atoms with van der Waals surface area (Å²) in [4.78, 5) is 69.9. The summed E-state index contributed by atoms with van der Waals surface area (Å²) in [5.41, 5.74) is 5.06. The number of nitrogens with zero attached hydrogens (tertiary/aromatic N) is 4. The van der Waals surface area contributed by atoms with Gasteiger partial charge in [0.05, 0.1) is 46.9 Å². The summed E-state index contributed by atoms with van der Waals surface area (Å²) in [5.74, 6) is -1.41. The minimum atomic E-state index is -4.45. The van der Waals surface area contributed by atoms with Crippen LogP contribution in [0.15, 0.2) is 83.8 Å². The number of aromatic nitrogens is 3. The van der Waals surface area contributed by atoms with Crippen LogP contribution in [-0.2, 0) is 25.8 Å². The SMILES string of the molecule is COc1c(Cl)ccc(Cl)c1C(=O)O.COc1nc(C)nc(NC(=O)NS(=O)(=O)c2ccccc2CCC(F)(F)F)n1.Nc1c([N+](=O)[O-])ccc(Oc2ccccc2)c1Cl.O=C(O)CNCP(=O)(O)O. The number of halogens is 6. The number of para-hydroxylation sites is 1. The number of ether oxygens (including phenoxy) is 3.